The SMILES string of the molecule is C[n+]1c(COB=N)[nH]c2cc(Br)c3c(c21)OCO3. The number of fused-ring (bicyclic) bond motifs is 3. The van der Waals surface area contributed by atoms with Crippen LogP contribution in [0.4, 0.5) is 0 Å². The van der Waals surface area contributed by atoms with E-state index in [-0.39, 0.29) is 6.79 Å². The number of halogens is 1. The third-order valence-electron chi connectivity index (χ3n) is 2.89. The molecule has 0 fully saturated rings. The van der Waals surface area contributed by atoms with E-state index in [0.29, 0.717) is 6.61 Å². The van der Waals surface area contributed by atoms with Gasteiger partial charge in [-0.05, 0) is 0 Å². The first kappa shape index (κ1) is 11.5. The molecule has 0 spiro atoms. The fraction of sp³-hybridized carbons (Fsp3) is 0.300. The fourth-order valence-electron chi connectivity index (χ4n) is 2.07. The second kappa shape index (κ2) is 4.27. The zero-order valence-electron chi connectivity index (χ0n) is 9.62. The Morgan fingerprint density at radius 3 is 3.11 bits per heavy atom. The summed E-state index contributed by atoms with van der Waals surface area (Å²) in [6.07, 6.45) is 0. The van der Waals surface area contributed by atoms with Crippen molar-refractivity contribution in [2.24, 2.45) is 7.05 Å². The van der Waals surface area contributed by atoms with E-state index in [9.17, 15) is 0 Å². The van der Waals surface area contributed by atoms with E-state index in [0.717, 1.165) is 40.1 Å². The molecule has 0 atom stereocenters. The number of benzene rings is 1. The van der Waals surface area contributed by atoms with Crippen molar-refractivity contribution in [3.05, 3.63) is 16.4 Å². The fourth-order valence-corrected chi connectivity index (χ4v) is 2.59. The maximum absolute atomic E-state index is 6.89. The summed E-state index contributed by atoms with van der Waals surface area (Å²) in [5, 5.41) is 6.89. The van der Waals surface area contributed by atoms with Crippen molar-refractivity contribution < 1.29 is 18.7 Å². The second-order valence-corrected chi connectivity index (χ2v) is 4.73. The Bertz CT molecular complexity index is 643. The summed E-state index contributed by atoms with van der Waals surface area (Å²) < 4.78 is 18.7. The number of nitrogens with zero attached hydrogens (tertiary/aromatic N) is 1. The molecule has 0 unspecified atom stereocenters. The molecule has 2 N–H and O–H groups in total. The predicted molar refractivity (Wildman–Crippen MR) is 66.6 cm³/mol. The summed E-state index contributed by atoms with van der Waals surface area (Å²) in [5.74, 6) is 2.29. The minimum atomic E-state index is 0.227. The van der Waals surface area contributed by atoms with Gasteiger partial charge in [0.05, 0.1) is 0 Å². The van der Waals surface area contributed by atoms with Crippen molar-refractivity contribution in [3.63, 3.8) is 0 Å². The Hall–Kier alpha value is -1.57. The van der Waals surface area contributed by atoms with Gasteiger partial charge in [-0.25, -0.2) is 0 Å². The van der Waals surface area contributed by atoms with Crippen molar-refractivity contribution in [2.45, 2.75) is 6.61 Å². The van der Waals surface area contributed by atoms with Crippen molar-refractivity contribution in [1.82, 2.24) is 4.98 Å². The van der Waals surface area contributed by atoms with E-state index < -0.39 is 0 Å². The van der Waals surface area contributed by atoms with E-state index >= 15 is 0 Å². The second-order valence-electron chi connectivity index (χ2n) is 3.88. The van der Waals surface area contributed by atoms with Gasteiger partial charge in [-0.15, -0.1) is 0 Å². The Morgan fingerprint density at radius 1 is 1.56 bits per heavy atom. The van der Waals surface area contributed by atoms with E-state index in [4.69, 9.17) is 19.4 Å². The van der Waals surface area contributed by atoms with Crippen LogP contribution in [0.15, 0.2) is 10.5 Å². The number of hydrogen-bond donors (Lipinski definition) is 2. The molecule has 0 saturated heterocycles. The van der Waals surface area contributed by atoms with Crippen LogP contribution in [-0.2, 0) is 18.3 Å². The standard InChI is InChI=1S/C10H9BBrN3O3/c1-15-7(3-18-11-13)14-6-2-5(12)9-10(8(6)15)17-4-16-9/h2,13H,3-4H2,1H3/p+1. The molecule has 1 aromatic heterocycles. The number of hydrogen-bond acceptors (Lipinski definition) is 4. The molecular weight excluding hydrogens is 301 g/mol. The van der Waals surface area contributed by atoms with Crippen LogP contribution in [-0.4, -0.2) is 19.1 Å². The number of ether oxygens (including phenoxy) is 2. The zero-order valence-corrected chi connectivity index (χ0v) is 11.2. The first-order valence-corrected chi connectivity index (χ1v) is 6.11. The average Bonchev–Trinajstić information content (AvgIpc) is 2.92. The molecule has 0 bridgehead atoms. The maximum atomic E-state index is 6.89. The first-order chi connectivity index (χ1) is 8.72. The van der Waals surface area contributed by atoms with Crippen LogP contribution < -0.4 is 14.0 Å². The third-order valence-corrected chi connectivity index (χ3v) is 3.48. The van der Waals surface area contributed by atoms with Crippen LogP contribution in [0.2, 0.25) is 0 Å². The van der Waals surface area contributed by atoms with E-state index in [1.54, 1.807) is 0 Å². The average molecular weight is 311 g/mol. The molecule has 18 heavy (non-hydrogen) atoms. The number of aryl methyl sites for hydroxylation is 1. The Kier molecular flexibility index (Phi) is 2.73. The summed E-state index contributed by atoms with van der Waals surface area (Å²) in [5.41, 5.74) is 1.85. The molecule has 0 amide bonds. The normalized spacial score (nSPS) is 12.8. The summed E-state index contributed by atoms with van der Waals surface area (Å²) in [6.45, 7) is 0.534. The van der Waals surface area contributed by atoms with Gasteiger partial charge in [-0.1, -0.05) is 0 Å². The van der Waals surface area contributed by atoms with Gasteiger partial charge in [0.2, 0.25) is 0 Å². The molecule has 0 aliphatic carbocycles. The first-order valence-electron chi connectivity index (χ1n) is 5.31. The number of rotatable bonds is 3. The van der Waals surface area contributed by atoms with Crippen LogP contribution in [0.25, 0.3) is 11.0 Å². The Balaban J connectivity index is 2.21. The Labute approximate surface area is 112 Å². The third kappa shape index (κ3) is 1.59. The summed E-state index contributed by atoms with van der Waals surface area (Å²) in [4.78, 5) is 3.24. The summed E-state index contributed by atoms with van der Waals surface area (Å²) in [6, 6.07) is 1.94. The van der Waals surface area contributed by atoms with Crippen molar-refractivity contribution in [1.29, 1.82) is 5.31 Å². The van der Waals surface area contributed by atoms with E-state index in [1.165, 1.54) is 0 Å². The molecule has 2 heterocycles. The van der Waals surface area contributed by atoms with Crippen molar-refractivity contribution in [3.8, 4) is 11.5 Å². The number of H-pyrrole nitrogens is 1. The molecule has 2 aromatic rings. The van der Waals surface area contributed by atoms with Crippen LogP contribution >= 0.6 is 15.9 Å². The minimum absolute atomic E-state index is 0.227. The number of aromatic amines is 1. The van der Waals surface area contributed by atoms with Crippen LogP contribution in [0, 0.1) is 5.31 Å². The van der Waals surface area contributed by atoms with Gasteiger partial charge >= 0.3 is 112 Å². The molecule has 1 aliphatic heterocycles. The zero-order chi connectivity index (χ0) is 12.7. The van der Waals surface area contributed by atoms with Gasteiger partial charge in [0.15, 0.2) is 0 Å². The molecule has 8 heteroatoms. The van der Waals surface area contributed by atoms with Gasteiger partial charge in [0.1, 0.15) is 0 Å². The molecule has 1 aliphatic rings. The van der Waals surface area contributed by atoms with E-state index in [1.807, 2.05) is 17.7 Å². The van der Waals surface area contributed by atoms with Crippen molar-refractivity contribution >= 4 is 34.2 Å². The molecule has 6 nitrogen and oxygen atoms in total. The molecular formula is C10H10BBrN3O3+. The van der Waals surface area contributed by atoms with Gasteiger partial charge in [-0.3, -0.25) is 0 Å². The van der Waals surface area contributed by atoms with Crippen LogP contribution in [0.3, 0.4) is 0 Å². The molecule has 0 saturated carbocycles. The topological polar surface area (TPSA) is 71.2 Å². The molecule has 1 aromatic carbocycles. The number of nitrogens with one attached hydrogen (secondary N) is 2. The van der Waals surface area contributed by atoms with Crippen LogP contribution in [0.1, 0.15) is 5.82 Å². The van der Waals surface area contributed by atoms with Gasteiger partial charge in [0.25, 0.3) is 0 Å². The summed E-state index contributed by atoms with van der Waals surface area (Å²) in [7, 11) is 2.84. The monoisotopic (exact) mass is 310 g/mol. The van der Waals surface area contributed by atoms with Gasteiger partial charge in [0, 0.05) is 0 Å². The van der Waals surface area contributed by atoms with Gasteiger partial charge in [-0.2, -0.15) is 0 Å². The Morgan fingerprint density at radius 2 is 2.33 bits per heavy atom. The quantitative estimate of drug-likeness (QED) is 0.664. The molecule has 0 radical (unpaired) electrons. The number of imidazole rings is 1. The summed E-state index contributed by atoms with van der Waals surface area (Å²) >= 11 is 3.45. The van der Waals surface area contributed by atoms with Crippen LogP contribution in [0.5, 0.6) is 11.5 Å². The molecule has 92 valence electrons. The van der Waals surface area contributed by atoms with Gasteiger partial charge < -0.3 is 0 Å². The van der Waals surface area contributed by atoms with Crippen molar-refractivity contribution in [2.75, 3.05) is 6.79 Å². The van der Waals surface area contributed by atoms with E-state index in [2.05, 4.69) is 20.9 Å². The molecule has 3 rings (SSSR count). The predicted octanol–water partition coefficient (Wildman–Crippen LogP) is 1.38. The number of aromatic nitrogens is 2.